The van der Waals surface area contributed by atoms with Crippen LogP contribution in [-0.2, 0) is 0 Å². The average molecular weight is 324 g/mol. The summed E-state index contributed by atoms with van der Waals surface area (Å²) in [5.41, 5.74) is 4.17. The molecule has 0 unspecified atom stereocenters. The van der Waals surface area contributed by atoms with Gasteiger partial charge in [0, 0.05) is 0 Å². The maximum Gasteiger partial charge on any atom is 0.274 e. The van der Waals surface area contributed by atoms with Gasteiger partial charge in [-0.2, -0.15) is 0 Å². The highest BCUT2D eigenvalue weighted by Gasteiger charge is 2.17. The number of hydrogen-bond acceptors (Lipinski definition) is 3. The summed E-state index contributed by atoms with van der Waals surface area (Å²) in [7, 11) is 0. The van der Waals surface area contributed by atoms with Crippen LogP contribution in [0.4, 0.5) is 4.39 Å². The van der Waals surface area contributed by atoms with Crippen LogP contribution in [0.1, 0.15) is 20.7 Å². The number of hydrazine groups is 1. The molecule has 3 aromatic carbocycles. The van der Waals surface area contributed by atoms with Crippen LogP contribution in [0.15, 0.2) is 60.7 Å². The molecule has 0 saturated heterocycles. The number of aromatic hydroxyl groups is 1. The number of fused-ring (bicyclic) bond motifs is 1. The van der Waals surface area contributed by atoms with E-state index >= 15 is 0 Å². The quantitative estimate of drug-likeness (QED) is 0.634. The number of nitrogens with one attached hydrogen (secondary N) is 2. The highest BCUT2D eigenvalue weighted by molar-refractivity contribution is 6.10. The highest BCUT2D eigenvalue weighted by atomic mass is 19.1. The summed E-state index contributed by atoms with van der Waals surface area (Å²) in [4.78, 5) is 24.2. The molecule has 120 valence electrons. The van der Waals surface area contributed by atoms with E-state index in [1.165, 1.54) is 24.3 Å². The van der Waals surface area contributed by atoms with Crippen LogP contribution in [0.25, 0.3) is 10.8 Å². The van der Waals surface area contributed by atoms with Gasteiger partial charge in [-0.05, 0) is 29.0 Å². The van der Waals surface area contributed by atoms with Crippen molar-refractivity contribution in [3.05, 3.63) is 77.6 Å². The molecular formula is C18H13FN2O3. The maximum atomic E-state index is 13.5. The van der Waals surface area contributed by atoms with Crippen LogP contribution in [0.5, 0.6) is 5.75 Å². The van der Waals surface area contributed by atoms with E-state index in [0.717, 1.165) is 11.5 Å². The van der Waals surface area contributed by atoms with E-state index in [0.29, 0.717) is 5.39 Å². The van der Waals surface area contributed by atoms with Crippen molar-refractivity contribution in [1.82, 2.24) is 10.9 Å². The fraction of sp³-hybridized carbons (Fsp3) is 0. The second-order valence-electron chi connectivity index (χ2n) is 5.07. The summed E-state index contributed by atoms with van der Waals surface area (Å²) in [5.74, 6) is -2.40. The highest BCUT2D eigenvalue weighted by Crippen LogP contribution is 2.26. The van der Waals surface area contributed by atoms with Crippen molar-refractivity contribution < 1.29 is 19.1 Å². The van der Waals surface area contributed by atoms with Crippen LogP contribution in [-0.4, -0.2) is 16.9 Å². The number of amides is 2. The Bertz CT molecular complexity index is 940. The molecule has 0 fully saturated rings. The summed E-state index contributed by atoms with van der Waals surface area (Å²) in [6.07, 6.45) is 0. The summed E-state index contributed by atoms with van der Waals surface area (Å²) in [5, 5.41) is 11.3. The van der Waals surface area contributed by atoms with Gasteiger partial charge in [-0.25, -0.2) is 4.39 Å². The van der Waals surface area contributed by atoms with Crippen LogP contribution in [0.3, 0.4) is 0 Å². The van der Waals surface area contributed by atoms with E-state index in [4.69, 9.17) is 0 Å². The molecule has 3 aromatic rings. The minimum atomic E-state index is -0.791. The van der Waals surface area contributed by atoms with Crippen molar-refractivity contribution in [3.8, 4) is 5.75 Å². The third-order valence-corrected chi connectivity index (χ3v) is 3.54. The lowest BCUT2D eigenvalue weighted by Gasteiger charge is -2.11. The molecule has 0 aliphatic carbocycles. The Balaban J connectivity index is 1.82. The minimum Gasteiger partial charge on any atom is -0.507 e. The first kappa shape index (κ1) is 15.5. The molecule has 0 radical (unpaired) electrons. The molecule has 0 aliphatic rings. The third kappa shape index (κ3) is 2.89. The zero-order valence-electron chi connectivity index (χ0n) is 12.4. The molecule has 3 rings (SSSR count). The number of hydrogen-bond donors (Lipinski definition) is 3. The molecule has 0 saturated carbocycles. The standard InChI is InChI=1S/C18H13FN2O3/c19-14-8-4-3-7-13(14)17(23)20-21-18(24)16-12-6-2-1-5-11(12)9-10-15(16)22/h1-10,22H,(H,20,23)(H,21,24). The molecule has 2 amide bonds. The monoisotopic (exact) mass is 324 g/mol. The van der Waals surface area contributed by atoms with Crippen LogP contribution in [0, 0.1) is 5.82 Å². The van der Waals surface area contributed by atoms with E-state index < -0.39 is 17.6 Å². The summed E-state index contributed by atoms with van der Waals surface area (Å²) < 4.78 is 13.5. The first-order valence-electron chi connectivity index (χ1n) is 7.14. The number of carbonyl (C=O) groups excluding carboxylic acids is 2. The van der Waals surface area contributed by atoms with Gasteiger partial charge < -0.3 is 5.11 Å². The summed E-state index contributed by atoms with van der Waals surface area (Å²) in [6.45, 7) is 0. The molecular weight excluding hydrogens is 311 g/mol. The lowest BCUT2D eigenvalue weighted by molar-refractivity contribution is 0.0843. The molecule has 0 spiro atoms. The lowest BCUT2D eigenvalue weighted by Crippen LogP contribution is -2.42. The molecule has 0 bridgehead atoms. The topological polar surface area (TPSA) is 78.4 Å². The largest absolute Gasteiger partial charge is 0.507 e. The normalized spacial score (nSPS) is 10.4. The van der Waals surface area contributed by atoms with Crippen molar-refractivity contribution in [3.63, 3.8) is 0 Å². The minimum absolute atomic E-state index is 0.0296. The van der Waals surface area contributed by atoms with E-state index in [9.17, 15) is 19.1 Å². The molecule has 0 heterocycles. The van der Waals surface area contributed by atoms with Crippen LogP contribution in [0.2, 0.25) is 0 Å². The first-order chi connectivity index (χ1) is 11.6. The molecule has 0 atom stereocenters. The van der Waals surface area contributed by atoms with Gasteiger partial charge >= 0.3 is 0 Å². The Morgan fingerprint density at radius 3 is 2.29 bits per heavy atom. The van der Waals surface area contributed by atoms with Crippen LogP contribution >= 0.6 is 0 Å². The fourth-order valence-electron chi connectivity index (χ4n) is 2.39. The van der Waals surface area contributed by atoms with Gasteiger partial charge in [0.15, 0.2) is 0 Å². The lowest BCUT2D eigenvalue weighted by atomic mass is 10.0. The van der Waals surface area contributed by atoms with Gasteiger partial charge in [-0.1, -0.05) is 42.5 Å². The van der Waals surface area contributed by atoms with Gasteiger partial charge in [-0.15, -0.1) is 0 Å². The molecule has 0 aliphatic heterocycles. The number of halogens is 1. The number of benzene rings is 3. The van der Waals surface area contributed by atoms with Gasteiger partial charge in [0.05, 0.1) is 11.1 Å². The smallest absolute Gasteiger partial charge is 0.274 e. The van der Waals surface area contributed by atoms with E-state index in [2.05, 4.69) is 10.9 Å². The third-order valence-electron chi connectivity index (χ3n) is 3.54. The van der Waals surface area contributed by atoms with E-state index in [1.54, 1.807) is 30.3 Å². The SMILES string of the molecule is O=C(NNC(=O)c1c(O)ccc2ccccc12)c1ccccc1F. The van der Waals surface area contributed by atoms with E-state index in [1.807, 2.05) is 0 Å². The van der Waals surface area contributed by atoms with Crippen molar-refractivity contribution in [2.75, 3.05) is 0 Å². The second kappa shape index (κ2) is 6.37. The molecule has 24 heavy (non-hydrogen) atoms. The first-order valence-corrected chi connectivity index (χ1v) is 7.14. The Morgan fingerprint density at radius 1 is 0.833 bits per heavy atom. The second-order valence-corrected chi connectivity index (χ2v) is 5.07. The number of carbonyl (C=O) groups is 2. The Hall–Kier alpha value is -3.41. The van der Waals surface area contributed by atoms with Crippen LogP contribution < -0.4 is 10.9 Å². The molecule has 6 heteroatoms. The zero-order valence-corrected chi connectivity index (χ0v) is 12.4. The van der Waals surface area contributed by atoms with E-state index in [-0.39, 0.29) is 16.9 Å². The molecule has 0 aromatic heterocycles. The van der Waals surface area contributed by atoms with Gasteiger partial charge in [0.1, 0.15) is 11.6 Å². The van der Waals surface area contributed by atoms with Crippen molar-refractivity contribution >= 4 is 22.6 Å². The Morgan fingerprint density at radius 2 is 1.50 bits per heavy atom. The molecule has 5 nitrogen and oxygen atoms in total. The average Bonchev–Trinajstić information content (AvgIpc) is 2.59. The predicted molar refractivity (Wildman–Crippen MR) is 86.9 cm³/mol. The Kier molecular flexibility index (Phi) is 4.11. The number of phenols is 1. The number of rotatable bonds is 2. The fourth-order valence-corrected chi connectivity index (χ4v) is 2.39. The maximum absolute atomic E-state index is 13.5. The van der Waals surface area contributed by atoms with Gasteiger partial charge in [0.2, 0.25) is 0 Å². The Labute approximate surface area is 136 Å². The van der Waals surface area contributed by atoms with Crippen molar-refractivity contribution in [2.45, 2.75) is 0 Å². The predicted octanol–water partition coefficient (Wildman–Crippen LogP) is 2.76. The molecule has 3 N–H and O–H groups in total. The number of phenolic OH excluding ortho intramolecular Hbond substituents is 1. The van der Waals surface area contributed by atoms with Crippen molar-refractivity contribution in [2.24, 2.45) is 0 Å². The summed E-state index contributed by atoms with van der Waals surface area (Å²) >= 11 is 0. The summed E-state index contributed by atoms with van der Waals surface area (Å²) in [6, 6.07) is 15.5. The van der Waals surface area contributed by atoms with Gasteiger partial charge in [-0.3, -0.25) is 20.4 Å². The van der Waals surface area contributed by atoms with Gasteiger partial charge in [0.25, 0.3) is 11.8 Å². The zero-order chi connectivity index (χ0) is 17.1. The van der Waals surface area contributed by atoms with Crippen molar-refractivity contribution in [1.29, 1.82) is 0 Å².